The molecular formula is C18H19N3O. The summed E-state index contributed by atoms with van der Waals surface area (Å²) < 4.78 is 1.98. The van der Waals surface area contributed by atoms with Gasteiger partial charge < -0.3 is 14.6 Å². The zero-order chi connectivity index (χ0) is 15.2. The van der Waals surface area contributed by atoms with Gasteiger partial charge in [0.15, 0.2) is 0 Å². The van der Waals surface area contributed by atoms with Crippen LogP contribution >= 0.6 is 0 Å². The Hall–Kier alpha value is -2.59. The first-order valence-electron chi connectivity index (χ1n) is 7.35. The SMILES string of the molecule is OCCN(Cc1ccc(-n2ccnc2)cc1)c1ccccc1. The fraction of sp³-hybridized carbons (Fsp3) is 0.167. The number of aliphatic hydroxyl groups is 1. The molecule has 3 aromatic rings. The third-order valence-corrected chi connectivity index (χ3v) is 3.60. The van der Waals surface area contributed by atoms with E-state index in [0.29, 0.717) is 6.54 Å². The molecule has 0 unspecified atom stereocenters. The molecule has 0 spiro atoms. The predicted molar refractivity (Wildman–Crippen MR) is 88.1 cm³/mol. The summed E-state index contributed by atoms with van der Waals surface area (Å²) >= 11 is 0. The number of rotatable bonds is 6. The summed E-state index contributed by atoms with van der Waals surface area (Å²) in [7, 11) is 0. The molecule has 0 fully saturated rings. The standard InChI is InChI=1S/C18H19N3O/c22-13-12-20(17-4-2-1-3-5-17)14-16-6-8-18(9-7-16)21-11-10-19-15-21/h1-11,15,22H,12-14H2. The maximum atomic E-state index is 9.29. The van der Waals surface area contributed by atoms with E-state index in [1.165, 1.54) is 5.56 Å². The van der Waals surface area contributed by atoms with Crippen molar-refractivity contribution in [3.63, 3.8) is 0 Å². The van der Waals surface area contributed by atoms with E-state index >= 15 is 0 Å². The average molecular weight is 293 g/mol. The van der Waals surface area contributed by atoms with Gasteiger partial charge in [-0.2, -0.15) is 0 Å². The van der Waals surface area contributed by atoms with Crippen LogP contribution in [0, 0.1) is 0 Å². The Morgan fingerprint density at radius 1 is 1.00 bits per heavy atom. The first-order valence-corrected chi connectivity index (χ1v) is 7.35. The number of benzene rings is 2. The maximum Gasteiger partial charge on any atom is 0.0991 e. The number of aliphatic hydroxyl groups excluding tert-OH is 1. The van der Waals surface area contributed by atoms with Gasteiger partial charge in [-0.15, -0.1) is 0 Å². The summed E-state index contributed by atoms with van der Waals surface area (Å²) in [6.45, 7) is 1.53. The molecule has 4 nitrogen and oxygen atoms in total. The quantitative estimate of drug-likeness (QED) is 0.760. The van der Waals surface area contributed by atoms with E-state index in [4.69, 9.17) is 0 Å². The second kappa shape index (κ2) is 6.91. The predicted octanol–water partition coefficient (Wildman–Crippen LogP) is 2.87. The normalized spacial score (nSPS) is 10.6. The van der Waals surface area contributed by atoms with Crippen molar-refractivity contribution in [2.45, 2.75) is 6.54 Å². The topological polar surface area (TPSA) is 41.3 Å². The number of hydrogen-bond acceptors (Lipinski definition) is 3. The van der Waals surface area contributed by atoms with Crippen LogP contribution in [0.4, 0.5) is 5.69 Å². The molecule has 1 heterocycles. The molecule has 0 aliphatic carbocycles. The van der Waals surface area contributed by atoms with Gasteiger partial charge >= 0.3 is 0 Å². The van der Waals surface area contributed by atoms with Crippen LogP contribution in [0.15, 0.2) is 73.3 Å². The molecular weight excluding hydrogens is 274 g/mol. The number of anilines is 1. The van der Waals surface area contributed by atoms with Crippen LogP contribution in [0.2, 0.25) is 0 Å². The van der Waals surface area contributed by atoms with Crippen LogP contribution in [0.25, 0.3) is 5.69 Å². The minimum atomic E-state index is 0.141. The van der Waals surface area contributed by atoms with E-state index < -0.39 is 0 Å². The Morgan fingerprint density at radius 3 is 2.41 bits per heavy atom. The van der Waals surface area contributed by atoms with Crippen LogP contribution < -0.4 is 4.90 Å². The Balaban J connectivity index is 1.75. The fourth-order valence-corrected chi connectivity index (χ4v) is 2.46. The monoisotopic (exact) mass is 293 g/mol. The number of imidazole rings is 1. The second-order valence-electron chi connectivity index (χ2n) is 5.12. The van der Waals surface area contributed by atoms with E-state index in [1.807, 2.05) is 29.0 Å². The molecule has 3 rings (SSSR count). The largest absolute Gasteiger partial charge is 0.395 e. The molecule has 1 aromatic heterocycles. The molecule has 0 amide bonds. The highest BCUT2D eigenvalue weighted by Gasteiger charge is 2.06. The lowest BCUT2D eigenvalue weighted by molar-refractivity contribution is 0.301. The summed E-state index contributed by atoms with van der Waals surface area (Å²) in [4.78, 5) is 6.23. The van der Waals surface area contributed by atoms with E-state index in [-0.39, 0.29) is 6.61 Å². The molecule has 4 heteroatoms. The number of nitrogens with zero attached hydrogens (tertiary/aromatic N) is 3. The van der Waals surface area contributed by atoms with Crippen molar-refractivity contribution in [2.24, 2.45) is 0 Å². The smallest absolute Gasteiger partial charge is 0.0991 e. The van der Waals surface area contributed by atoms with E-state index in [9.17, 15) is 5.11 Å². The van der Waals surface area contributed by atoms with Crippen molar-refractivity contribution in [1.82, 2.24) is 9.55 Å². The molecule has 112 valence electrons. The lowest BCUT2D eigenvalue weighted by atomic mass is 10.1. The van der Waals surface area contributed by atoms with Gasteiger partial charge in [-0.05, 0) is 29.8 Å². The minimum absolute atomic E-state index is 0.141. The van der Waals surface area contributed by atoms with Gasteiger partial charge in [0.2, 0.25) is 0 Å². The van der Waals surface area contributed by atoms with Crippen LogP contribution in [0.3, 0.4) is 0 Å². The molecule has 1 N–H and O–H groups in total. The Kier molecular flexibility index (Phi) is 4.51. The summed E-state index contributed by atoms with van der Waals surface area (Å²) in [5.74, 6) is 0. The summed E-state index contributed by atoms with van der Waals surface area (Å²) in [6.07, 6.45) is 5.49. The Morgan fingerprint density at radius 2 is 1.77 bits per heavy atom. The minimum Gasteiger partial charge on any atom is -0.395 e. The molecule has 0 aliphatic rings. The van der Waals surface area contributed by atoms with Crippen molar-refractivity contribution in [1.29, 1.82) is 0 Å². The average Bonchev–Trinajstić information content (AvgIpc) is 3.10. The van der Waals surface area contributed by atoms with E-state index in [1.54, 1.807) is 12.5 Å². The molecule has 22 heavy (non-hydrogen) atoms. The van der Waals surface area contributed by atoms with Crippen molar-refractivity contribution >= 4 is 5.69 Å². The van der Waals surface area contributed by atoms with Gasteiger partial charge in [-0.1, -0.05) is 30.3 Å². The molecule has 0 saturated carbocycles. The van der Waals surface area contributed by atoms with E-state index in [0.717, 1.165) is 17.9 Å². The summed E-state index contributed by atoms with van der Waals surface area (Å²) in [6, 6.07) is 18.6. The van der Waals surface area contributed by atoms with Crippen LogP contribution in [0.5, 0.6) is 0 Å². The van der Waals surface area contributed by atoms with Gasteiger partial charge in [0, 0.05) is 36.9 Å². The highest BCUT2D eigenvalue weighted by atomic mass is 16.3. The highest BCUT2D eigenvalue weighted by Crippen LogP contribution is 2.17. The van der Waals surface area contributed by atoms with Crippen LogP contribution in [0.1, 0.15) is 5.56 Å². The van der Waals surface area contributed by atoms with Crippen molar-refractivity contribution in [3.8, 4) is 5.69 Å². The molecule has 0 bridgehead atoms. The van der Waals surface area contributed by atoms with Crippen LogP contribution in [-0.4, -0.2) is 27.8 Å². The molecule has 0 radical (unpaired) electrons. The van der Waals surface area contributed by atoms with Crippen molar-refractivity contribution < 1.29 is 5.11 Å². The highest BCUT2D eigenvalue weighted by molar-refractivity contribution is 5.47. The first-order chi connectivity index (χ1) is 10.9. The maximum absolute atomic E-state index is 9.29. The fourth-order valence-electron chi connectivity index (χ4n) is 2.46. The zero-order valence-corrected chi connectivity index (χ0v) is 12.3. The van der Waals surface area contributed by atoms with Crippen molar-refractivity contribution in [3.05, 3.63) is 78.9 Å². The van der Waals surface area contributed by atoms with E-state index in [2.05, 4.69) is 46.3 Å². The number of para-hydroxylation sites is 1. The Labute approximate surface area is 130 Å². The number of hydrogen-bond donors (Lipinski definition) is 1. The van der Waals surface area contributed by atoms with Gasteiger partial charge in [-0.25, -0.2) is 4.98 Å². The number of aromatic nitrogens is 2. The van der Waals surface area contributed by atoms with Crippen LogP contribution in [-0.2, 0) is 6.54 Å². The first kappa shape index (κ1) is 14.4. The van der Waals surface area contributed by atoms with Gasteiger partial charge in [-0.3, -0.25) is 0 Å². The molecule has 0 aliphatic heterocycles. The van der Waals surface area contributed by atoms with Gasteiger partial charge in [0.1, 0.15) is 0 Å². The zero-order valence-electron chi connectivity index (χ0n) is 12.3. The van der Waals surface area contributed by atoms with Gasteiger partial charge in [0.25, 0.3) is 0 Å². The molecule has 2 aromatic carbocycles. The third-order valence-electron chi connectivity index (χ3n) is 3.60. The summed E-state index contributed by atoms with van der Waals surface area (Å²) in [5.41, 5.74) is 3.42. The summed E-state index contributed by atoms with van der Waals surface area (Å²) in [5, 5.41) is 9.29. The third kappa shape index (κ3) is 3.35. The Bertz CT molecular complexity index is 678. The lowest BCUT2D eigenvalue weighted by Gasteiger charge is -2.24. The van der Waals surface area contributed by atoms with Crippen molar-refractivity contribution in [2.75, 3.05) is 18.1 Å². The lowest BCUT2D eigenvalue weighted by Crippen LogP contribution is -2.25. The molecule has 0 saturated heterocycles. The second-order valence-corrected chi connectivity index (χ2v) is 5.12. The van der Waals surface area contributed by atoms with Gasteiger partial charge in [0.05, 0.1) is 12.9 Å². The molecule has 0 atom stereocenters.